The van der Waals surface area contributed by atoms with Crippen LogP contribution in [-0.2, 0) is 14.8 Å². The number of carbonyl (C=O) groups is 1. The van der Waals surface area contributed by atoms with Gasteiger partial charge in [0.15, 0.2) is 5.15 Å². The first-order valence-electron chi connectivity index (χ1n) is 7.74. The van der Waals surface area contributed by atoms with Crippen molar-refractivity contribution in [2.45, 2.75) is 19.4 Å². The van der Waals surface area contributed by atoms with Crippen LogP contribution in [0.3, 0.4) is 0 Å². The lowest BCUT2D eigenvalue weighted by Gasteiger charge is -2.23. The summed E-state index contributed by atoms with van der Waals surface area (Å²) < 4.78 is 61.9. The van der Waals surface area contributed by atoms with Crippen LogP contribution in [0.4, 0.5) is 18.9 Å². The molecule has 0 aliphatic carbocycles. The van der Waals surface area contributed by atoms with E-state index in [0.29, 0.717) is 12.7 Å². The van der Waals surface area contributed by atoms with Gasteiger partial charge in [0.2, 0.25) is 5.91 Å². The van der Waals surface area contributed by atoms with E-state index in [1.165, 1.54) is 17.1 Å². The quantitative estimate of drug-likeness (QED) is 0.458. The lowest BCUT2D eigenvalue weighted by molar-refractivity contribution is -0.118. The van der Waals surface area contributed by atoms with Crippen LogP contribution >= 0.6 is 11.6 Å². The number of rotatable bonds is 8. The predicted octanol–water partition coefficient (Wildman–Crippen LogP) is 2.75. The molecular weight excluding hydrogens is 423 g/mol. The van der Waals surface area contributed by atoms with Crippen LogP contribution in [0.1, 0.15) is 13.8 Å². The first-order valence-corrected chi connectivity index (χ1v) is 9.56. The summed E-state index contributed by atoms with van der Waals surface area (Å²) >= 11 is 6.06. The van der Waals surface area contributed by atoms with Crippen molar-refractivity contribution in [2.75, 3.05) is 25.0 Å². The Kier molecular flexibility index (Phi) is 7.96. The maximum atomic E-state index is 12.6. The molecule has 156 valence electrons. The fourth-order valence-corrected chi connectivity index (χ4v) is 2.91. The van der Waals surface area contributed by atoms with Gasteiger partial charge in [0.1, 0.15) is 5.69 Å². The Morgan fingerprint density at radius 3 is 2.57 bits per heavy atom. The number of carbonyl (C=O) groups excluding carboxylic acids is 1. The van der Waals surface area contributed by atoms with Crippen LogP contribution in [0.15, 0.2) is 29.5 Å². The minimum absolute atomic E-state index is 0.0349. The van der Waals surface area contributed by atoms with E-state index in [1.807, 2.05) is 0 Å². The van der Waals surface area contributed by atoms with Gasteiger partial charge in [-0.3, -0.25) is 9.79 Å². The maximum absolute atomic E-state index is 12.6. The molecule has 0 radical (unpaired) electrons. The predicted molar refractivity (Wildman–Crippen MR) is 102 cm³/mol. The largest absolute Gasteiger partial charge is 0.511 e. The highest BCUT2D eigenvalue weighted by molar-refractivity contribution is 7.90. The van der Waals surface area contributed by atoms with Gasteiger partial charge in [-0.2, -0.15) is 22.6 Å². The van der Waals surface area contributed by atoms with Crippen molar-refractivity contribution in [1.82, 2.24) is 14.1 Å². The van der Waals surface area contributed by atoms with Gasteiger partial charge in [-0.25, -0.2) is 13.1 Å². The Bertz CT molecular complexity index is 893. The van der Waals surface area contributed by atoms with Gasteiger partial charge in [-0.05, 0) is 32.7 Å². The summed E-state index contributed by atoms with van der Waals surface area (Å²) in [5, 5.41) is 3.96. The summed E-state index contributed by atoms with van der Waals surface area (Å²) in [4.78, 5) is 17.0. The molecule has 0 saturated heterocycles. The van der Waals surface area contributed by atoms with Crippen LogP contribution in [0.25, 0.3) is 5.70 Å². The smallest absolute Gasteiger partial charge is 0.307 e. The number of alkyl halides is 3. The molecule has 1 aromatic rings. The van der Waals surface area contributed by atoms with Crippen LogP contribution in [0, 0.1) is 0 Å². The summed E-state index contributed by atoms with van der Waals surface area (Å²) in [7, 11) is -4.95. The summed E-state index contributed by atoms with van der Waals surface area (Å²) in [5.74, 6) is -0.892. The Labute approximate surface area is 165 Å². The highest BCUT2D eigenvalue weighted by Crippen LogP contribution is 2.28. The van der Waals surface area contributed by atoms with E-state index in [1.54, 1.807) is 26.0 Å². The van der Waals surface area contributed by atoms with Crippen molar-refractivity contribution in [3.63, 3.8) is 0 Å². The molecule has 1 rings (SSSR count). The molecule has 0 unspecified atom stereocenters. The number of anilines is 1. The van der Waals surface area contributed by atoms with Gasteiger partial charge >= 0.3 is 15.5 Å². The zero-order chi connectivity index (χ0) is 21.7. The van der Waals surface area contributed by atoms with Gasteiger partial charge in [0, 0.05) is 25.5 Å². The van der Waals surface area contributed by atoms with Gasteiger partial charge in [0.05, 0.1) is 12.7 Å². The fraction of sp³-hybridized carbons (Fsp3) is 0.400. The molecule has 0 spiro atoms. The molecule has 0 atom stereocenters. The SMILES string of the molecule is C=N/C=C\C=C(/C)n1cc(N(CC)C(=O)CN(C)S(=O)(=O)C(F)(F)F)c(Cl)n1. The number of hydrogen-bond donors (Lipinski definition) is 0. The van der Waals surface area contributed by atoms with Gasteiger partial charge in [0.25, 0.3) is 0 Å². The van der Waals surface area contributed by atoms with Crippen LogP contribution in [0.2, 0.25) is 5.15 Å². The molecule has 0 saturated carbocycles. The number of nitrogens with zero attached hydrogens (tertiary/aromatic N) is 5. The van der Waals surface area contributed by atoms with Crippen molar-refractivity contribution < 1.29 is 26.4 Å². The Morgan fingerprint density at radius 1 is 1.46 bits per heavy atom. The second kappa shape index (κ2) is 9.34. The number of allylic oxidation sites excluding steroid dienone is 3. The van der Waals surface area contributed by atoms with E-state index in [-0.39, 0.29) is 21.7 Å². The Hall–Kier alpha value is -2.18. The molecule has 0 aromatic carbocycles. The number of halogens is 4. The summed E-state index contributed by atoms with van der Waals surface area (Å²) in [6, 6.07) is 0. The van der Waals surface area contributed by atoms with E-state index in [0.717, 1.165) is 4.90 Å². The Balaban J connectivity index is 3.11. The molecule has 1 heterocycles. The van der Waals surface area contributed by atoms with Gasteiger partial charge < -0.3 is 4.90 Å². The lowest BCUT2D eigenvalue weighted by Crippen LogP contribution is -2.45. The highest BCUT2D eigenvalue weighted by atomic mass is 35.5. The van der Waals surface area contributed by atoms with E-state index >= 15 is 0 Å². The average molecular weight is 442 g/mol. The van der Waals surface area contributed by atoms with Crippen LogP contribution in [-0.4, -0.2) is 60.8 Å². The number of aliphatic imine (C=N–C) groups is 1. The Morgan fingerprint density at radius 2 is 2.07 bits per heavy atom. The van der Waals surface area contributed by atoms with E-state index in [9.17, 15) is 26.4 Å². The number of amides is 1. The third-order valence-electron chi connectivity index (χ3n) is 3.51. The molecule has 0 aliphatic heterocycles. The third kappa shape index (κ3) is 5.42. The minimum Gasteiger partial charge on any atom is -0.307 e. The summed E-state index contributed by atoms with van der Waals surface area (Å²) in [5.41, 5.74) is -4.77. The molecule has 13 heteroatoms. The zero-order valence-corrected chi connectivity index (χ0v) is 16.9. The van der Waals surface area contributed by atoms with E-state index < -0.39 is 28.0 Å². The fourth-order valence-electron chi connectivity index (χ4n) is 2.04. The van der Waals surface area contributed by atoms with Crippen molar-refractivity contribution in [3.05, 3.63) is 29.7 Å². The molecule has 0 bridgehead atoms. The molecule has 0 fully saturated rings. The third-order valence-corrected chi connectivity index (χ3v) is 5.31. The molecule has 1 aromatic heterocycles. The zero-order valence-electron chi connectivity index (χ0n) is 15.3. The number of likely N-dealkylation sites (N-methyl/N-ethyl adjacent to an activating group) is 2. The number of sulfonamides is 1. The summed E-state index contributed by atoms with van der Waals surface area (Å²) in [6.45, 7) is 5.57. The molecule has 0 N–H and O–H groups in total. The van der Waals surface area contributed by atoms with Crippen molar-refractivity contribution in [1.29, 1.82) is 0 Å². The average Bonchev–Trinajstić information content (AvgIpc) is 2.96. The first kappa shape index (κ1) is 23.9. The standard InChI is InChI=1S/C15H19ClF3N5O3S/c1-5-23(13(25)10-22(4)28(26,27)15(17,18)19)12-9-24(21-14(12)16)11(2)7-6-8-20-3/h6-9H,3,5,10H2,1-2,4H3/b8-6-,11-7+. The highest BCUT2D eigenvalue weighted by Gasteiger charge is 2.49. The second-order valence-corrected chi connectivity index (χ2v) is 7.82. The van der Waals surface area contributed by atoms with Crippen molar-refractivity contribution >= 4 is 45.6 Å². The topological polar surface area (TPSA) is 87.9 Å². The van der Waals surface area contributed by atoms with Gasteiger partial charge in [-0.15, -0.1) is 0 Å². The monoisotopic (exact) mass is 441 g/mol. The van der Waals surface area contributed by atoms with E-state index in [2.05, 4.69) is 16.8 Å². The van der Waals surface area contributed by atoms with Crippen molar-refractivity contribution in [2.24, 2.45) is 4.99 Å². The molecule has 28 heavy (non-hydrogen) atoms. The molecule has 0 aliphatic rings. The maximum Gasteiger partial charge on any atom is 0.511 e. The number of aromatic nitrogens is 2. The second-order valence-electron chi connectivity index (χ2n) is 5.43. The first-order chi connectivity index (χ1) is 12.9. The normalized spacial score (nSPS) is 13.4. The van der Waals surface area contributed by atoms with Crippen LogP contribution < -0.4 is 4.90 Å². The molecule has 1 amide bonds. The minimum atomic E-state index is -5.63. The van der Waals surface area contributed by atoms with Crippen molar-refractivity contribution in [3.8, 4) is 0 Å². The van der Waals surface area contributed by atoms with E-state index in [4.69, 9.17) is 11.6 Å². The van der Waals surface area contributed by atoms with Gasteiger partial charge in [-0.1, -0.05) is 11.6 Å². The van der Waals surface area contributed by atoms with Crippen LogP contribution in [0.5, 0.6) is 0 Å². The lowest BCUT2D eigenvalue weighted by atomic mass is 10.4. The molecule has 8 nitrogen and oxygen atoms in total. The molecular formula is C15H19ClF3N5O3S. The number of hydrogen-bond acceptors (Lipinski definition) is 5. The summed E-state index contributed by atoms with van der Waals surface area (Å²) in [6.07, 6.45) is 6.08.